The van der Waals surface area contributed by atoms with Gasteiger partial charge in [-0.05, 0) is 0 Å². The summed E-state index contributed by atoms with van der Waals surface area (Å²) < 4.78 is 16.0. The van der Waals surface area contributed by atoms with Crippen LogP contribution >= 0.6 is 12.1 Å². The van der Waals surface area contributed by atoms with Gasteiger partial charge in [0.1, 0.15) is 0 Å². The summed E-state index contributed by atoms with van der Waals surface area (Å²) in [6.07, 6.45) is 0.877. The highest BCUT2D eigenvalue weighted by Crippen LogP contribution is 2.24. The molecule has 1 aliphatic heterocycles. The minimum atomic E-state index is -0.525. The third-order valence-electron chi connectivity index (χ3n) is 0.946. The SMILES string of the molecule is O=C1CCC(SF)O1. The van der Waals surface area contributed by atoms with Gasteiger partial charge in [-0.25, -0.2) is 0 Å². The van der Waals surface area contributed by atoms with Crippen LogP contribution in [0, 0.1) is 0 Å². The molecule has 8 heavy (non-hydrogen) atoms. The van der Waals surface area contributed by atoms with Crippen LogP contribution in [0.25, 0.3) is 0 Å². The van der Waals surface area contributed by atoms with Crippen LogP contribution in [0.1, 0.15) is 12.8 Å². The fraction of sp³-hybridized carbons (Fsp3) is 0.750. The monoisotopic (exact) mass is 136 g/mol. The molecule has 1 heterocycles. The van der Waals surface area contributed by atoms with Crippen LogP contribution in [0.5, 0.6) is 0 Å². The number of cyclic esters (lactones) is 1. The quantitative estimate of drug-likeness (QED) is 0.508. The molecule has 0 radical (unpaired) electrons. The molecule has 1 atom stereocenters. The van der Waals surface area contributed by atoms with Gasteiger partial charge in [-0.15, -0.1) is 0 Å². The van der Waals surface area contributed by atoms with E-state index in [4.69, 9.17) is 0 Å². The zero-order valence-corrected chi connectivity index (χ0v) is 4.91. The fourth-order valence-corrected chi connectivity index (χ4v) is 0.914. The molecule has 0 aromatic heterocycles. The average Bonchev–Trinajstić information content (AvgIpc) is 2.14. The molecule has 4 heteroatoms. The maximum Gasteiger partial charge on any atom is 0.307 e. The second-order valence-electron chi connectivity index (χ2n) is 1.55. The maximum absolute atomic E-state index is 11.5. The summed E-state index contributed by atoms with van der Waals surface area (Å²) in [5.41, 5.74) is -0.525. The van der Waals surface area contributed by atoms with Gasteiger partial charge >= 0.3 is 5.97 Å². The normalized spacial score (nSPS) is 28.1. The van der Waals surface area contributed by atoms with Crippen LogP contribution < -0.4 is 0 Å². The van der Waals surface area contributed by atoms with Crippen molar-refractivity contribution < 1.29 is 13.4 Å². The van der Waals surface area contributed by atoms with Gasteiger partial charge in [0, 0.05) is 6.42 Å². The van der Waals surface area contributed by atoms with E-state index in [1.165, 1.54) is 0 Å². The predicted molar refractivity (Wildman–Crippen MR) is 27.8 cm³/mol. The molecule has 0 aliphatic carbocycles. The first kappa shape index (κ1) is 5.88. The highest BCUT2D eigenvalue weighted by molar-refractivity contribution is 7.94. The molecule has 0 saturated carbocycles. The van der Waals surface area contributed by atoms with Gasteiger partial charge in [0.2, 0.25) is 0 Å². The lowest BCUT2D eigenvalue weighted by Gasteiger charge is -1.97. The van der Waals surface area contributed by atoms with E-state index in [1.807, 2.05) is 0 Å². The first-order valence-electron chi connectivity index (χ1n) is 2.30. The zero-order valence-electron chi connectivity index (χ0n) is 4.09. The van der Waals surface area contributed by atoms with Crippen molar-refractivity contribution in [2.75, 3.05) is 0 Å². The van der Waals surface area contributed by atoms with Crippen molar-refractivity contribution in [2.45, 2.75) is 18.3 Å². The standard InChI is InChI=1S/C4H5FO2S/c5-8-4-2-1-3(6)7-4/h4H,1-2H2. The first-order valence-corrected chi connectivity index (χ1v) is 3.08. The topological polar surface area (TPSA) is 26.3 Å². The Bertz CT molecular complexity index is 106. The Kier molecular flexibility index (Phi) is 1.73. The minimum Gasteiger partial charge on any atom is -0.449 e. The Morgan fingerprint density at radius 3 is 2.88 bits per heavy atom. The van der Waals surface area contributed by atoms with E-state index in [0.29, 0.717) is 12.8 Å². The van der Waals surface area contributed by atoms with E-state index in [1.54, 1.807) is 0 Å². The third-order valence-corrected chi connectivity index (χ3v) is 1.48. The van der Waals surface area contributed by atoms with Gasteiger partial charge in [-0.2, -0.15) is 3.89 Å². The van der Waals surface area contributed by atoms with E-state index < -0.39 is 5.44 Å². The summed E-state index contributed by atoms with van der Waals surface area (Å²) in [4.78, 5) is 10.2. The predicted octanol–water partition coefficient (Wildman–Crippen LogP) is 1.27. The number of halogens is 1. The number of hydrogen-bond donors (Lipinski definition) is 0. The van der Waals surface area contributed by atoms with E-state index in [2.05, 4.69) is 4.74 Å². The molecule has 2 nitrogen and oxygen atoms in total. The molecule has 0 spiro atoms. The maximum atomic E-state index is 11.5. The summed E-state index contributed by atoms with van der Waals surface area (Å²) in [7, 11) is 0. The second-order valence-corrected chi connectivity index (χ2v) is 2.25. The van der Waals surface area contributed by atoms with E-state index in [-0.39, 0.29) is 18.1 Å². The van der Waals surface area contributed by atoms with Gasteiger partial charge in [0.05, 0.1) is 18.6 Å². The molecule has 1 unspecified atom stereocenters. The lowest BCUT2D eigenvalue weighted by atomic mass is 10.4. The Morgan fingerprint density at radius 2 is 2.62 bits per heavy atom. The average molecular weight is 136 g/mol. The molecule has 0 aromatic rings. The summed E-state index contributed by atoms with van der Waals surface area (Å²) >= 11 is 0.0931. The highest BCUT2D eigenvalue weighted by Gasteiger charge is 2.23. The van der Waals surface area contributed by atoms with Crippen molar-refractivity contribution in [3.05, 3.63) is 0 Å². The van der Waals surface area contributed by atoms with E-state index >= 15 is 0 Å². The minimum absolute atomic E-state index is 0.0931. The Balaban J connectivity index is 2.32. The summed E-state index contributed by atoms with van der Waals surface area (Å²) in [6.45, 7) is 0. The number of hydrogen-bond acceptors (Lipinski definition) is 3. The van der Waals surface area contributed by atoms with Crippen LogP contribution in [-0.2, 0) is 9.53 Å². The molecular formula is C4H5FO2S. The molecule has 1 rings (SSSR count). The van der Waals surface area contributed by atoms with Crippen LogP contribution in [0.4, 0.5) is 3.89 Å². The number of esters is 1. The van der Waals surface area contributed by atoms with Gasteiger partial charge in [0.25, 0.3) is 0 Å². The number of rotatable bonds is 1. The molecule has 0 aromatic carbocycles. The number of carbonyl (C=O) groups is 1. The number of ether oxygens (including phenoxy) is 1. The fourth-order valence-electron chi connectivity index (χ4n) is 0.563. The molecule has 1 aliphatic rings. The van der Waals surface area contributed by atoms with E-state index in [0.717, 1.165) is 0 Å². The van der Waals surface area contributed by atoms with Gasteiger partial charge in [-0.3, -0.25) is 4.79 Å². The molecule has 1 fully saturated rings. The zero-order chi connectivity index (χ0) is 5.98. The Labute approximate surface area is 50.7 Å². The molecule has 0 amide bonds. The lowest BCUT2D eigenvalue weighted by Crippen LogP contribution is -1.98. The summed E-state index contributed by atoms with van der Waals surface area (Å²) in [5.74, 6) is -0.292. The van der Waals surface area contributed by atoms with Crippen LogP contribution in [0.15, 0.2) is 0 Å². The van der Waals surface area contributed by atoms with Gasteiger partial charge in [0.15, 0.2) is 5.44 Å². The lowest BCUT2D eigenvalue weighted by molar-refractivity contribution is -0.138. The van der Waals surface area contributed by atoms with Crippen molar-refractivity contribution in [3.63, 3.8) is 0 Å². The van der Waals surface area contributed by atoms with Gasteiger partial charge < -0.3 is 4.74 Å². The molecule has 1 saturated heterocycles. The van der Waals surface area contributed by atoms with Crippen molar-refractivity contribution in [1.82, 2.24) is 0 Å². The second kappa shape index (κ2) is 2.35. The van der Waals surface area contributed by atoms with Crippen molar-refractivity contribution in [1.29, 1.82) is 0 Å². The summed E-state index contributed by atoms with van der Waals surface area (Å²) in [6, 6.07) is 0. The van der Waals surface area contributed by atoms with Crippen LogP contribution in [-0.4, -0.2) is 11.4 Å². The Morgan fingerprint density at radius 1 is 1.88 bits per heavy atom. The molecule has 46 valence electrons. The van der Waals surface area contributed by atoms with Crippen LogP contribution in [0.2, 0.25) is 0 Å². The number of carbonyl (C=O) groups excluding carboxylic acids is 1. The van der Waals surface area contributed by atoms with E-state index in [9.17, 15) is 8.68 Å². The Hall–Kier alpha value is -0.250. The molecule has 0 bridgehead atoms. The van der Waals surface area contributed by atoms with Crippen molar-refractivity contribution in [2.24, 2.45) is 0 Å². The molecular weight excluding hydrogens is 131 g/mol. The van der Waals surface area contributed by atoms with Crippen LogP contribution in [0.3, 0.4) is 0 Å². The highest BCUT2D eigenvalue weighted by atomic mass is 32.2. The van der Waals surface area contributed by atoms with Crippen molar-refractivity contribution >= 4 is 18.1 Å². The third kappa shape index (κ3) is 1.12. The smallest absolute Gasteiger partial charge is 0.307 e. The summed E-state index contributed by atoms with van der Waals surface area (Å²) in [5, 5.41) is 0. The van der Waals surface area contributed by atoms with Crippen molar-refractivity contribution in [3.8, 4) is 0 Å². The van der Waals surface area contributed by atoms with Gasteiger partial charge in [-0.1, -0.05) is 0 Å². The largest absolute Gasteiger partial charge is 0.449 e. The molecule has 0 N–H and O–H groups in total. The first-order chi connectivity index (χ1) is 3.83.